The van der Waals surface area contributed by atoms with Crippen LogP contribution in [0.1, 0.15) is 19.4 Å². The smallest absolute Gasteiger partial charge is 0.224 e. The van der Waals surface area contributed by atoms with E-state index < -0.39 is 0 Å². The van der Waals surface area contributed by atoms with Gasteiger partial charge in [0.2, 0.25) is 5.28 Å². The summed E-state index contributed by atoms with van der Waals surface area (Å²) < 4.78 is 0. The van der Waals surface area contributed by atoms with Gasteiger partial charge in [-0.2, -0.15) is 4.98 Å². The van der Waals surface area contributed by atoms with Crippen molar-refractivity contribution in [3.05, 3.63) is 52.4 Å². The second-order valence-electron chi connectivity index (χ2n) is 4.52. The van der Waals surface area contributed by atoms with Crippen molar-refractivity contribution in [2.45, 2.75) is 26.4 Å². The van der Waals surface area contributed by atoms with Crippen molar-refractivity contribution in [3.8, 4) is 0 Å². The number of nitrogens with zero attached hydrogens (tertiary/aromatic N) is 3. The molecule has 0 unspecified atom stereocenters. The Bertz CT molecular complexity index is 544. The number of rotatable bonds is 4. The van der Waals surface area contributed by atoms with E-state index in [0.29, 0.717) is 10.8 Å². The van der Waals surface area contributed by atoms with Crippen molar-refractivity contribution in [2.24, 2.45) is 0 Å². The van der Waals surface area contributed by atoms with Gasteiger partial charge in [-0.25, -0.2) is 4.98 Å². The van der Waals surface area contributed by atoms with E-state index in [2.05, 4.69) is 40.8 Å². The largest absolute Gasteiger partial charge is 0.348 e. The molecule has 5 heteroatoms. The first kappa shape index (κ1) is 14.1. The van der Waals surface area contributed by atoms with Gasteiger partial charge in [-0.15, -0.1) is 0 Å². The Morgan fingerprint density at radius 2 is 1.84 bits per heavy atom. The first-order chi connectivity index (χ1) is 9.08. The van der Waals surface area contributed by atoms with Gasteiger partial charge in [0.1, 0.15) is 5.02 Å². The molecule has 0 saturated heterocycles. The van der Waals surface area contributed by atoms with E-state index in [0.717, 1.165) is 6.54 Å². The van der Waals surface area contributed by atoms with Crippen molar-refractivity contribution < 1.29 is 0 Å². The van der Waals surface area contributed by atoms with Crippen LogP contribution in [-0.4, -0.2) is 16.0 Å². The maximum atomic E-state index is 6.18. The summed E-state index contributed by atoms with van der Waals surface area (Å²) in [4.78, 5) is 10.2. The molecule has 1 aromatic carbocycles. The lowest BCUT2D eigenvalue weighted by Gasteiger charge is -2.28. The van der Waals surface area contributed by atoms with Gasteiger partial charge >= 0.3 is 0 Å². The molecule has 0 bridgehead atoms. The third-order valence-corrected chi connectivity index (χ3v) is 3.24. The quantitative estimate of drug-likeness (QED) is 0.792. The molecular formula is C14H15Cl2N3. The molecule has 0 amide bonds. The third-order valence-electron chi connectivity index (χ3n) is 2.79. The molecule has 0 N–H and O–H groups in total. The Balaban J connectivity index is 2.32. The number of halogens is 2. The molecule has 3 nitrogen and oxygen atoms in total. The van der Waals surface area contributed by atoms with E-state index in [4.69, 9.17) is 23.2 Å². The van der Waals surface area contributed by atoms with Crippen LogP contribution in [0.15, 0.2) is 36.5 Å². The maximum Gasteiger partial charge on any atom is 0.224 e. The predicted molar refractivity (Wildman–Crippen MR) is 79.8 cm³/mol. The number of hydrogen-bond donors (Lipinski definition) is 0. The molecule has 2 aromatic rings. The minimum Gasteiger partial charge on any atom is -0.348 e. The molecule has 0 atom stereocenters. The average molecular weight is 296 g/mol. The molecule has 0 aliphatic heterocycles. The van der Waals surface area contributed by atoms with Crippen molar-refractivity contribution in [3.63, 3.8) is 0 Å². The van der Waals surface area contributed by atoms with Gasteiger partial charge in [-0.1, -0.05) is 41.9 Å². The highest BCUT2D eigenvalue weighted by Gasteiger charge is 2.16. The average Bonchev–Trinajstić information content (AvgIpc) is 2.40. The monoisotopic (exact) mass is 295 g/mol. The first-order valence-electron chi connectivity index (χ1n) is 6.06. The molecule has 19 heavy (non-hydrogen) atoms. The lowest BCUT2D eigenvalue weighted by atomic mass is 10.2. The second kappa shape index (κ2) is 6.22. The van der Waals surface area contributed by atoms with Crippen molar-refractivity contribution in [2.75, 3.05) is 4.90 Å². The number of aromatic nitrogens is 2. The van der Waals surface area contributed by atoms with E-state index in [1.54, 1.807) is 0 Å². The van der Waals surface area contributed by atoms with Crippen LogP contribution in [0.25, 0.3) is 0 Å². The van der Waals surface area contributed by atoms with Crippen LogP contribution in [-0.2, 0) is 6.54 Å². The first-order valence-corrected chi connectivity index (χ1v) is 6.82. The molecule has 0 saturated carbocycles. The summed E-state index contributed by atoms with van der Waals surface area (Å²) in [6, 6.07) is 10.4. The topological polar surface area (TPSA) is 29.0 Å². The van der Waals surface area contributed by atoms with Crippen LogP contribution in [0.2, 0.25) is 10.3 Å². The Kier molecular flexibility index (Phi) is 4.61. The molecule has 1 heterocycles. The van der Waals surface area contributed by atoms with Crippen LogP contribution in [0.4, 0.5) is 5.82 Å². The van der Waals surface area contributed by atoms with Crippen LogP contribution in [0.3, 0.4) is 0 Å². The molecular weight excluding hydrogens is 281 g/mol. The lowest BCUT2D eigenvalue weighted by molar-refractivity contribution is 0.671. The Morgan fingerprint density at radius 3 is 2.47 bits per heavy atom. The summed E-state index contributed by atoms with van der Waals surface area (Å²) in [6.45, 7) is 4.91. The van der Waals surface area contributed by atoms with Gasteiger partial charge in [0, 0.05) is 12.6 Å². The Morgan fingerprint density at radius 1 is 1.16 bits per heavy atom. The molecule has 0 radical (unpaired) electrons. The van der Waals surface area contributed by atoms with Gasteiger partial charge in [0.25, 0.3) is 0 Å². The number of hydrogen-bond acceptors (Lipinski definition) is 3. The summed E-state index contributed by atoms with van der Waals surface area (Å²) in [5.74, 6) is 0.667. The van der Waals surface area contributed by atoms with Crippen molar-refractivity contribution in [1.29, 1.82) is 0 Å². The van der Waals surface area contributed by atoms with Crippen LogP contribution < -0.4 is 4.90 Å². The fourth-order valence-electron chi connectivity index (χ4n) is 1.82. The van der Waals surface area contributed by atoms with Gasteiger partial charge < -0.3 is 4.90 Å². The lowest BCUT2D eigenvalue weighted by Crippen LogP contribution is -2.31. The summed E-state index contributed by atoms with van der Waals surface area (Å²) in [5, 5.41) is 0.715. The zero-order valence-corrected chi connectivity index (χ0v) is 12.4. The summed E-state index contributed by atoms with van der Waals surface area (Å²) in [7, 11) is 0. The molecule has 0 aliphatic carbocycles. The van der Waals surface area contributed by atoms with Gasteiger partial charge in [-0.3, -0.25) is 0 Å². The van der Waals surface area contributed by atoms with E-state index >= 15 is 0 Å². The highest BCUT2D eigenvalue weighted by atomic mass is 35.5. The van der Waals surface area contributed by atoms with Crippen molar-refractivity contribution in [1.82, 2.24) is 9.97 Å². The predicted octanol–water partition coefficient (Wildman–Crippen LogP) is 4.20. The Hall–Kier alpha value is -1.32. The fourth-order valence-corrected chi connectivity index (χ4v) is 2.15. The molecule has 1 aromatic heterocycles. The number of benzene rings is 1. The minimum absolute atomic E-state index is 0.207. The zero-order valence-electron chi connectivity index (χ0n) is 10.8. The van der Waals surface area contributed by atoms with Crippen LogP contribution in [0.5, 0.6) is 0 Å². The Labute approximate surface area is 123 Å². The van der Waals surface area contributed by atoms with E-state index in [9.17, 15) is 0 Å². The summed E-state index contributed by atoms with van der Waals surface area (Å²) in [5.41, 5.74) is 1.20. The van der Waals surface area contributed by atoms with E-state index in [1.807, 2.05) is 18.2 Å². The molecule has 0 spiro atoms. The molecule has 2 rings (SSSR count). The standard InChI is InChI=1S/C14H15Cl2N3/c1-10(2)19(9-11-6-4-3-5-7-11)13-12(15)8-17-14(16)18-13/h3-8,10H,9H2,1-2H3. The normalized spacial score (nSPS) is 10.8. The minimum atomic E-state index is 0.207. The van der Waals surface area contributed by atoms with Crippen molar-refractivity contribution >= 4 is 29.0 Å². The zero-order chi connectivity index (χ0) is 13.8. The van der Waals surface area contributed by atoms with E-state index in [1.165, 1.54) is 11.8 Å². The van der Waals surface area contributed by atoms with Gasteiger partial charge in [-0.05, 0) is 31.0 Å². The summed E-state index contributed by atoms with van der Waals surface area (Å²) in [6.07, 6.45) is 1.53. The fraction of sp³-hybridized carbons (Fsp3) is 0.286. The molecule has 0 fully saturated rings. The highest BCUT2D eigenvalue weighted by molar-refractivity contribution is 6.33. The van der Waals surface area contributed by atoms with Gasteiger partial charge in [0.05, 0.1) is 6.20 Å². The molecule has 100 valence electrons. The van der Waals surface area contributed by atoms with Crippen LogP contribution >= 0.6 is 23.2 Å². The maximum absolute atomic E-state index is 6.18. The third kappa shape index (κ3) is 3.58. The van der Waals surface area contributed by atoms with Crippen LogP contribution in [0, 0.1) is 0 Å². The van der Waals surface area contributed by atoms with E-state index in [-0.39, 0.29) is 11.3 Å². The highest BCUT2D eigenvalue weighted by Crippen LogP contribution is 2.27. The molecule has 0 aliphatic rings. The number of anilines is 1. The SMILES string of the molecule is CC(C)N(Cc1ccccc1)c1nc(Cl)ncc1Cl. The van der Waals surface area contributed by atoms with Gasteiger partial charge in [0.15, 0.2) is 5.82 Å². The second-order valence-corrected chi connectivity index (χ2v) is 5.26. The summed E-state index contributed by atoms with van der Waals surface area (Å²) >= 11 is 12.0.